The van der Waals surface area contributed by atoms with Gasteiger partial charge in [-0.25, -0.2) is 14.2 Å². The molecule has 1 aliphatic rings. The molecular weight excluding hydrogens is 377 g/mol. The minimum absolute atomic E-state index is 0.0193. The largest absolute Gasteiger partial charge is 0.507 e. The van der Waals surface area contributed by atoms with Gasteiger partial charge in [0.15, 0.2) is 11.6 Å². The van der Waals surface area contributed by atoms with Crippen LogP contribution in [0.4, 0.5) is 10.1 Å². The van der Waals surface area contributed by atoms with Crippen molar-refractivity contribution in [3.05, 3.63) is 47.2 Å². The summed E-state index contributed by atoms with van der Waals surface area (Å²) in [7, 11) is 1.34. The van der Waals surface area contributed by atoms with Crippen LogP contribution in [0.15, 0.2) is 29.4 Å². The molecule has 0 saturated heterocycles. The number of pyridine rings is 1. The lowest BCUT2D eigenvalue weighted by Crippen LogP contribution is -2.49. The number of hydrogen-bond acceptors (Lipinski definition) is 6. The summed E-state index contributed by atoms with van der Waals surface area (Å²) in [5.41, 5.74) is -0.0965. The van der Waals surface area contributed by atoms with Crippen LogP contribution in [0.25, 0.3) is 16.0 Å². The van der Waals surface area contributed by atoms with Crippen molar-refractivity contribution in [1.29, 1.82) is 0 Å². The number of hydrogen-bond donors (Lipinski definition) is 3. The Balaban J connectivity index is 2.11. The van der Waals surface area contributed by atoms with E-state index in [1.807, 2.05) is 13.8 Å². The van der Waals surface area contributed by atoms with Gasteiger partial charge in [-0.05, 0) is 12.1 Å². The predicted octanol–water partition coefficient (Wildman–Crippen LogP) is 2.87. The molecule has 8 nitrogen and oxygen atoms in total. The third-order valence-corrected chi connectivity index (χ3v) is 4.42. The molecule has 9 heteroatoms. The molecule has 1 aliphatic heterocycles. The fourth-order valence-electron chi connectivity index (χ4n) is 2.93. The van der Waals surface area contributed by atoms with Gasteiger partial charge < -0.3 is 15.2 Å². The summed E-state index contributed by atoms with van der Waals surface area (Å²) in [6.07, 6.45) is 0.963. The van der Waals surface area contributed by atoms with E-state index in [9.17, 15) is 14.3 Å². The van der Waals surface area contributed by atoms with Crippen LogP contribution in [-0.4, -0.2) is 42.2 Å². The van der Waals surface area contributed by atoms with Crippen molar-refractivity contribution in [1.82, 2.24) is 15.6 Å². The van der Waals surface area contributed by atoms with Crippen molar-refractivity contribution < 1.29 is 19.0 Å². The van der Waals surface area contributed by atoms with Gasteiger partial charge in [0.25, 0.3) is 5.91 Å². The number of phenols is 1. The van der Waals surface area contributed by atoms with Crippen LogP contribution in [0.1, 0.15) is 24.2 Å². The van der Waals surface area contributed by atoms with Crippen LogP contribution >= 0.6 is 0 Å². The number of rotatable bonds is 3. The third kappa shape index (κ3) is 4.11. The lowest BCUT2D eigenvalue weighted by atomic mass is 9.93. The van der Waals surface area contributed by atoms with Gasteiger partial charge in [-0.15, -0.1) is 0 Å². The first kappa shape index (κ1) is 20.1. The van der Waals surface area contributed by atoms with Crippen LogP contribution in [0.5, 0.6) is 11.6 Å². The van der Waals surface area contributed by atoms with E-state index in [2.05, 4.69) is 25.5 Å². The number of nitrogens with one attached hydrogen (secondary N) is 2. The molecule has 2 heterocycles. The van der Waals surface area contributed by atoms with Crippen molar-refractivity contribution in [3.63, 3.8) is 0 Å². The Morgan fingerprint density at radius 3 is 2.83 bits per heavy atom. The number of methoxy groups -OCH3 is 1. The fraction of sp³-hybridized carbons (Fsp3) is 0.300. The molecule has 3 N–H and O–H groups in total. The van der Waals surface area contributed by atoms with Crippen molar-refractivity contribution in [2.24, 2.45) is 10.4 Å². The van der Waals surface area contributed by atoms with Crippen LogP contribution in [0.3, 0.4) is 0 Å². The average molecular weight is 397 g/mol. The summed E-state index contributed by atoms with van der Waals surface area (Å²) in [6.45, 7) is 12.6. The lowest BCUT2D eigenvalue weighted by Gasteiger charge is -2.29. The number of halogens is 1. The molecule has 0 atom stereocenters. The number of carbonyl (C=O) groups is 1. The number of amides is 1. The monoisotopic (exact) mass is 397 g/mol. The average Bonchev–Trinajstić information content (AvgIpc) is 2.69. The molecule has 0 saturated carbocycles. The summed E-state index contributed by atoms with van der Waals surface area (Å²) < 4.78 is 19.1. The maximum Gasteiger partial charge on any atom is 0.261 e. The normalized spacial score (nSPS) is 14.9. The maximum absolute atomic E-state index is 13.9. The van der Waals surface area contributed by atoms with E-state index in [-0.39, 0.29) is 45.4 Å². The van der Waals surface area contributed by atoms with E-state index in [1.165, 1.54) is 19.2 Å². The van der Waals surface area contributed by atoms with Gasteiger partial charge in [0.1, 0.15) is 11.6 Å². The number of guanidine groups is 1. The Hall–Kier alpha value is -3.67. The molecule has 29 heavy (non-hydrogen) atoms. The van der Waals surface area contributed by atoms with Crippen LogP contribution < -0.4 is 15.4 Å². The third-order valence-electron chi connectivity index (χ3n) is 4.42. The molecule has 3 rings (SSSR count). The van der Waals surface area contributed by atoms with E-state index in [1.54, 1.807) is 0 Å². The van der Waals surface area contributed by atoms with E-state index in [0.29, 0.717) is 13.1 Å². The molecule has 0 bridgehead atoms. The van der Waals surface area contributed by atoms with Crippen LogP contribution in [0.2, 0.25) is 0 Å². The molecule has 1 amide bonds. The van der Waals surface area contributed by atoms with Gasteiger partial charge in [0.05, 0.1) is 25.4 Å². The first-order valence-corrected chi connectivity index (χ1v) is 8.79. The van der Waals surface area contributed by atoms with Gasteiger partial charge >= 0.3 is 0 Å². The van der Waals surface area contributed by atoms with Crippen molar-refractivity contribution >= 4 is 17.6 Å². The van der Waals surface area contributed by atoms with E-state index in [4.69, 9.17) is 11.3 Å². The Morgan fingerprint density at radius 1 is 1.45 bits per heavy atom. The van der Waals surface area contributed by atoms with Gasteiger partial charge in [0, 0.05) is 29.6 Å². The number of carbonyl (C=O) groups excluding carboxylic acids is 1. The number of benzene rings is 1. The highest BCUT2D eigenvalue weighted by atomic mass is 19.1. The van der Waals surface area contributed by atoms with Crippen molar-refractivity contribution in [3.8, 4) is 22.8 Å². The lowest BCUT2D eigenvalue weighted by molar-refractivity contribution is 0.0972. The summed E-state index contributed by atoms with van der Waals surface area (Å²) in [5.74, 6) is -1.46. The Kier molecular flexibility index (Phi) is 5.37. The fourth-order valence-corrected chi connectivity index (χ4v) is 2.93. The zero-order valence-corrected chi connectivity index (χ0v) is 16.2. The molecule has 1 aromatic carbocycles. The predicted molar refractivity (Wildman–Crippen MR) is 106 cm³/mol. The van der Waals surface area contributed by atoms with Gasteiger partial charge in [-0.2, -0.15) is 0 Å². The van der Waals surface area contributed by atoms with E-state index >= 15 is 0 Å². The molecule has 1 aromatic heterocycles. The maximum atomic E-state index is 13.9. The zero-order chi connectivity index (χ0) is 21.2. The number of ether oxygens (including phenoxy) is 1. The molecular formula is C20H20FN5O3. The second-order valence-electron chi connectivity index (χ2n) is 7.31. The van der Waals surface area contributed by atoms with Crippen LogP contribution in [0, 0.1) is 17.8 Å². The Labute approximate surface area is 167 Å². The molecule has 150 valence electrons. The minimum atomic E-state index is -0.694. The first-order chi connectivity index (χ1) is 13.8. The summed E-state index contributed by atoms with van der Waals surface area (Å²) in [5, 5.41) is 16.0. The zero-order valence-electron chi connectivity index (χ0n) is 16.2. The molecule has 0 aliphatic carbocycles. The van der Waals surface area contributed by atoms with Crippen molar-refractivity contribution in [2.45, 2.75) is 13.8 Å². The number of aromatic nitrogens is 1. The Bertz CT molecular complexity index is 1040. The highest BCUT2D eigenvalue weighted by Crippen LogP contribution is 2.42. The molecule has 0 radical (unpaired) electrons. The minimum Gasteiger partial charge on any atom is -0.507 e. The first-order valence-electron chi connectivity index (χ1n) is 8.79. The number of aromatic hydroxyl groups is 1. The SMILES string of the molecule is [C-]#[N+]c1ccc(O)c(C(=O)NC2=NCC(C)(C)CN2)c1-c1cc(F)cnc1OC. The highest BCUT2D eigenvalue weighted by molar-refractivity contribution is 6.13. The number of phenolic OH excluding ortho intramolecular Hbond substituents is 1. The molecule has 2 aromatic rings. The summed E-state index contributed by atoms with van der Waals surface area (Å²) in [4.78, 5) is 24.6. The summed E-state index contributed by atoms with van der Waals surface area (Å²) >= 11 is 0. The second kappa shape index (κ2) is 7.75. The Morgan fingerprint density at radius 2 is 2.21 bits per heavy atom. The second-order valence-corrected chi connectivity index (χ2v) is 7.31. The smallest absolute Gasteiger partial charge is 0.261 e. The molecule has 0 spiro atoms. The highest BCUT2D eigenvalue weighted by Gasteiger charge is 2.27. The topological polar surface area (TPSA) is 100 Å². The van der Waals surface area contributed by atoms with Crippen molar-refractivity contribution in [2.75, 3.05) is 20.2 Å². The summed E-state index contributed by atoms with van der Waals surface area (Å²) in [6, 6.07) is 3.69. The van der Waals surface area contributed by atoms with E-state index < -0.39 is 11.7 Å². The number of nitrogens with zero attached hydrogens (tertiary/aromatic N) is 3. The van der Waals surface area contributed by atoms with E-state index in [0.717, 1.165) is 12.3 Å². The van der Waals surface area contributed by atoms with Gasteiger partial charge in [-0.3, -0.25) is 15.1 Å². The number of aliphatic imine (C=N–C) groups is 1. The molecule has 0 unspecified atom stereocenters. The van der Waals surface area contributed by atoms with Crippen LogP contribution in [-0.2, 0) is 0 Å². The standard InChI is InChI=1S/C20H20FN5O3/c1-20(2)9-24-19(25-10-20)26-17(28)16-14(27)6-5-13(22-3)15(16)12-7-11(21)8-23-18(12)29-4/h5-8,27H,9-10H2,1-2,4H3,(H2,24,25,26,28). The van der Waals surface area contributed by atoms with Gasteiger partial charge in [0.2, 0.25) is 5.88 Å². The molecule has 0 fully saturated rings. The van der Waals surface area contributed by atoms with Gasteiger partial charge in [-0.1, -0.05) is 19.9 Å². The quantitative estimate of drug-likeness (QED) is 0.692.